The molecule has 4 heterocycles. The SMILES string of the molecule is C#Cc1c(F)ccc2cc(O)cc(-c3c(F)cc4c(N5C[C@H]6CC[C@@H](C5)N6)nc(OCC5(C)CN(C6CC6)CCC5C#C)nc4c3F)c12. The van der Waals surface area contributed by atoms with Gasteiger partial charge in [-0.1, -0.05) is 18.9 Å². The third-order valence-corrected chi connectivity index (χ3v) is 10.7. The van der Waals surface area contributed by atoms with Crippen LogP contribution in [0.15, 0.2) is 30.3 Å². The van der Waals surface area contributed by atoms with E-state index in [1.165, 1.54) is 43.2 Å². The molecule has 2 unspecified atom stereocenters. The van der Waals surface area contributed by atoms with Gasteiger partial charge in [0.25, 0.3) is 0 Å². The molecule has 0 spiro atoms. The number of anilines is 1. The Bertz CT molecular complexity index is 2040. The zero-order valence-corrected chi connectivity index (χ0v) is 26.7. The number of halogens is 3. The van der Waals surface area contributed by atoms with Crippen molar-refractivity contribution in [2.24, 2.45) is 11.3 Å². The second kappa shape index (κ2) is 11.6. The summed E-state index contributed by atoms with van der Waals surface area (Å²) in [5.74, 6) is 2.79. The van der Waals surface area contributed by atoms with Crippen LogP contribution in [0.2, 0.25) is 0 Å². The number of benzene rings is 3. The van der Waals surface area contributed by atoms with Crippen molar-refractivity contribution in [2.45, 2.75) is 57.2 Å². The van der Waals surface area contributed by atoms with Gasteiger partial charge in [0.1, 0.15) is 28.7 Å². The molecule has 2 bridgehead atoms. The molecule has 2 N–H and O–H groups in total. The van der Waals surface area contributed by atoms with Gasteiger partial charge in [0, 0.05) is 65.4 Å². The number of hydrogen-bond acceptors (Lipinski definition) is 7. The number of rotatable bonds is 6. The highest BCUT2D eigenvalue weighted by molar-refractivity contribution is 6.04. The summed E-state index contributed by atoms with van der Waals surface area (Å²) in [6.07, 6.45) is 16.9. The first kappa shape index (κ1) is 30.8. The fraction of sp³-hybridized carbons (Fsp3) is 0.421. The smallest absolute Gasteiger partial charge is 0.319 e. The highest BCUT2D eigenvalue weighted by atomic mass is 19.1. The molecule has 0 radical (unpaired) electrons. The molecule has 1 aliphatic carbocycles. The van der Waals surface area contributed by atoms with E-state index in [1.807, 2.05) is 4.90 Å². The van der Waals surface area contributed by atoms with E-state index in [0.717, 1.165) is 32.4 Å². The second-order valence-corrected chi connectivity index (χ2v) is 14.1. The molecule has 7 nitrogen and oxygen atoms in total. The minimum Gasteiger partial charge on any atom is -0.508 e. The Morgan fingerprint density at radius 2 is 1.79 bits per heavy atom. The summed E-state index contributed by atoms with van der Waals surface area (Å²) < 4.78 is 54.5. The van der Waals surface area contributed by atoms with Crippen molar-refractivity contribution in [3.05, 3.63) is 53.3 Å². The average Bonchev–Trinajstić information content (AvgIpc) is 3.87. The molecule has 0 amide bonds. The van der Waals surface area contributed by atoms with Crippen molar-refractivity contribution < 1.29 is 23.0 Å². The van der Waals surface area contributed by atoms with Gasteiger partial charge in [-0.2, -0.15) is 9.97 Å². The van der Waals surface area contributed by atoms with Gasteiger partial charge in [-0.3, -0.25) is 4.90 Å². The van der Waals surface area contributed by atoms with Gasteiger partial charge in [0.2, 0.25) is 0 Å². The zero-order chi connectivity index (χ0) is 33.3. The molecule has 3 aliphatic heterocycles. The molecule has 48 heavy (non-hydrogen) atoms. The Labute approximate surface area is 277 Å². The normalized spacial score (nSPS) is 25.7. The van der Waals surface area contributed by atoms with Crippen molar-refractivity contribution in [3.63, 3.8) is 0 Å². The quantitative estimate of drug-likeness (QED) is 0.248. The van der Waals surface area contributed by atoms with Gasteiger partial charge in [0.15, 0.2) is 5.82 Å². The predicted octanol–water partition coefficient (Wildman–Crippen LogP) is 6.00. The lowest BCUT2D eigenvalue weighted by Crippen LogP contribution is -2.51. The lowest BCUT2D eigenvalue weighted by atomic mass is 9.73. The van der Waals surface area contributed by atoms with Gasteiger partial charge in [0.05, 0.1) is 17.7 Å². The minimum atomic E-state index is -0.985. The van der Waals surface area contributed by atoms with E-state index >= 15 is 8.78 Å². The number of aromatic nitrogens is 2. The minimum absolute atomic E-state index is 0.0153. The summed E-state index contributed by atoms with van der Waals surface area (Å²) in [7, 11) is 0. The van der Waals surface area contributed by atoms with E-state index in [-0.39, 0.29) is 69.2 Å². The van der Waals surface area contributed by atoms with E-state index < -0.39 is 23.0 Å². The van der Waals surface area contributed by atoms with Crippen LogP contribution in [0.4, 0.5) is 19.0 Å². The average molecular weight is 652 g/mol. The molecule has 3 aromatic carbocycles. The van der Waals surface area contributed by atoms with Crippen LogP contribution in [0.25, 0.3) is 32.8 Å². The van der Waals surface area contributed by atoms with Crippen molar-refractivity contribution in [1.82, 2.24) is 20.2 Å². The van der Waals surface area contributed by atoms with Crippen LogP contribution in [0.3, 0.4) is 0 Å². The van der Waals surface area contributed by atoms with Gasteiger partial charge in [-0.15, -0.1) is 18.8 Å². The topological polar surface area (TPSA) is 73.8 Å². The first-order valence-corrected chi connectivity index (χ1v) is 16.6. The largest absolute Gasteiger partial charge is 0.508 e. The van der Waals surface area contributed by atoms with E-state index in [4.69, 9.17) is 22.6 Å². The number of hydrogen-bond donors (Lipinski definition) is 2. The van der Waals surface area contributed by atoms with Crippen molar-refractivity contribution in [1.29, 1.82) is 0 Å². The first-order valence-electron chi connectivity index (χ1n) is 16.6. The Balaban J connectivity index is 1.27. The van der Waals surface area contributed by atoms with Gasteiger partial charge < -0.3 is 20.1 Å². The number of nitrogens with zero attached hydrogens (tertiary/aromatic N) is 4. The maximum Gasteiger partial charge on any atom is 0.319 e. The summed E-state index contributed by atoms with van der Waals surface area (Å²) in [5, 5.41) is 14.8. The maximum absolute atomic E-state index is 17.0. The van der Waals surface area contributed by atoms with Gasteiger partial charge in [-0.25, -0.2) is 13.2 Å². The van der Waals surface area contributed by atoms with Crippen LogP contribution in [0.1, 0.15) is 44.6 Å². The van der Waals surface area contributed by atoms with Crippen molar-refractivity contribution in [3.8, 4) is 47.6 Å². The third kappa shape index (κ3) is 5.19. The molecule has 246 valence electrons. The van der Waals surface area contributed by atoms with Gasteiger partial charge >= 0.3 is 6.01 Å². The molecule has 4 aliphatic rings. The number of nitrogens with one attached hydrogen (secondary N) is 1. The summed E-state index contributed by atoms with van der Waals surface area (Å²) in [5.41, 5.74) is -1.24. The Hall–Kier alpha value is -4.51. The third-order valence-electron chi connectivity index (χ3n) is 10.7. The number of ether oxygens (including phenoxy) is 1. The lowest BCUT2D eigenvalue weighted by molar-refractivity contribution is 0.0200. The first-order chi connectivity index (χ1) is 23.2. The zero-order valence-electron chi connectivity index (χ0n) is 26.7. The Kier molecular flexibility index (Phi) is 7.43. The molecule has 4 atom stereocenters. The Morgan fingerprint density at radius 1 is 1.02 bits per heavy atom. The summed E-state index contributed by atoms with van der Waals surface area (Å²) in [4.78, 5) is 13.9. The molecule has 4 aromatic rings. The van der Waals surface area contributed by atoms with Crippen LogP contribution in [-0.4, -0.2) is 70.9 Å². The fourth-order valence-electron chi connectivity index (χ4n) is 8.15. The highest BCUT2D eigenvalue weighted by Gasteiger charge is 2.44. The van der Waals surface area contributed by atoms with Crippen molar-refractivity contribution in [2.75, 3.05) is 37.7 Å². The van der Waals surface area contributed by atoms with Crippen LogP contribution >= 0.6 is 0 Å². The number of aromatic hydroxyl groups is 1. The highest BCUT2D eigenvalue weighted by Crippen LogP contribution is 2.43. The summed E-state index contributed by atoms with van der Waals surface area (Å²) in [6, 6.07) is 7.37. The number of phenols is 1. The van der Waals surface area contributed by atoms with Crippen LogP contribution < -0.4 is 15.0 Å². The van der Waals surface area contributed by atoms with E-state index in [9.17, 15) is 9.50 Å². The van der Waals surface area contributed by atoms with E-state index in [2.05, 4.69) is 34.0 Å². The standard InChI is InChI=1S/C38H36F3N5O2/c1-4-22-12-13-45(25-9-10-25)19-38(22,3)20-48-37-43-35-29(36(44-37)46-17-23-7-8-24(18-46)42-23)16-31(40)33(34(35)41)28-15-26(47)14-21-6-11-30(39)27(5-2)32(21)28/h1-2,6,11,14-16,22-25,42,47H,7-10,12-13,17-20H2,3H3/t22?,23-,24+,38?. The molecule has 4 fully saturated rings. The maximum atomic E-state index is 17.0. The van der Waals surface area contributed by atoms with Crippen LogP contribution in [-0.2, 0) is 0 Å². The number of phenolic OH excluding ortho intramolecular Hbond substituents is 1. The summed E-state index contributed by atoms with van der Waals surface area (Å²) in [6.45, 7) is 5.29. The van der Waals surface area contributed by atoms with E-state index in [1.54, 1.807) is 0 Å². The van der Waals surface area contributed by atoms with Crippen molar-refractivity contribution >= 4 is 27.5 Å². The number of terminal acetylenes is 2. The molecule has 3 saturated heterocycles. The number of piperazine rings is 1. The molecular formula is C38H36F3N5O2. The molecular weight excluding hydrogens is 615 g/mol. The molecule has 8 rings (SSSR count). The number of fused-ring (bicyclic) bond motifs is 4. The Morgan fingerprint density at radius 3 is 2.50 bits per heavy atom. The van der Waals surface area contributed by atoms with Crippen LogP contribution in [0.5, 0.6) is 11.8 Å². The van der Waals surface area contributed by atoms with E-state index in [0.29, 0.717) is 30.3 Å². The van der Waals surface area contributed by atoms with Gasteiger partial charge in [-0.05, 0) is 68.3 Å². The summed E-state index contributed by atoms with van der Waals surface area (Å²) >= 11 is 0. The molecule has 1 saturated carbocycles. The number of likely N-dealkylation sites (tertiary alicyclic amines) is 1. The molecule has 1 aromatic heterocycles. The molecule has 10 heteroatoms. The van der Waals surface area contributed by atoms with Crippen LogP contribution in [0, 0.1) is 53.5 Å². The predicted molar refractivity (Wildman–Crippen MR) is 179 cm³/mol. The monoisotopic (exact) mass is 651 g/mol. The number of piperidine rings is 1. The second-order valence-electron chi connectivity index (χ2n) is 14.1. The lowest BCUT2D eigenvalue weighted by Gasteiger charge is -2.44. The fourth-order valence-corrected chi connectivity index (χ4v) is 8.15.